The van der Waals surface area contributed by atoms with E-state index in [1.807, 2.05) is 0 Å². The van der Waals surface area contributed by atoms with Gasteiger partial charge in [-0.3, -0.25) is 0 Å². The van der Waals surface area contributed by atoms with E-state index in [4.69, 9.17) is 4.74 Å². The van der Waals surface area contributed by atoms with Crippen molar-refractivity contribution in [2.24, 2.45) is 0 Å². The fourth-order valence-corrected chi connectivity index (χ4v) is 1.80. The van der Waals surface area contributed by atoms with Crippen molar-refractivity contribution >= 4 is 11.8 Å². The lowest BCUT2D eigenvalue weighted by molar-refractivity contribution is 0.196. The highest BCUT2D eigenvalue weighted by atomic mass is 32.2. The Morgan fingerprint density at radius 1 is 1.33 bits per heavy atom. The van der Waals surface area contributed by atoms with Crippen molar-refractivity contribution in [3.05, 3.63) is 29.8 Å². The Hall–Kier alpha value is -0.510. The quantitative estimate of drug-likeness (QED) is 0.594. The van der Waals surface area contributed by atoms with Crippen molar-refractivity contribution in [3.63, 3.8) is 0 Å². The van der Waals surface area contributed by atoms with Gasteiger partial charge in [0.05, 0.1) is 6.61 Å². The molecule has 15 heavy (non-hydrogen) atoms. The molecule has 0 aliphatic carbocycles. The van der Waals surface area contributed by atoms with Gasteiger partial charge in [-0.15, -0.1) is 11.8 Å². The average molecular weight is 225 g/mol. The van der Waals surface area contributed by atoms with Crippen molar-refractivity contribution in [1.82, 2.24) is 5.32 Å². The van der Waals surface area contributed by atoms with Gasteiger partial charge in [0, 0.05) is 24.6 Å². The van der Waals surface area contributed by atoms with E-state index in [1.54, 1.807) is 18.9 Å². The molecule has 0 bridgehead atoms. The summed E-state index contributed by atoms with van der Waals surface area (Å²) in [5.41, 5.74) is 1.32. The van der Waals surface area contributed by atoms with E-state index < -0.39 is 0 Å². The Balaban J connectivity index is 2.46. The topological polar surface area (TPSA) is 21.3 Å². The van der Waals surface area contributed by atoms with E-state index in [9.17, 15) is 0 Å². The van der Waals surface area contributed by atoms with E-state index in [0.717, 1.165) is 13.2 Å². The molecule has 3 heteroatoms. The van der Waals surface area contributed by atoms with Crippen LogP contribution in [0, 0.1) is 0 Å². The maximum absolute atomic E-state index is 5.00. The second-order valence-electron chi connectivity index (χ2n) is 3.44. The minimum Gasteiger partial charge on any atom is -0.383 e. The first-order valence-corrected chi connectivity index (χ1v) is 6.36. The third kappa shape index (κ3) is 4.24. The van der Waals surface area contributed by atoms with Crippen molar-refractivity contribution < 1.29 is 4.74 Å². The second kappa shape index (κ2) is 6.88. The zero-order chi connectivity index (χ0) is 11.1. The standard InChI is InChI=1S/C12H19NOS/c1-10(13-8-9-14-2)11-4-6-12(15-3)7-5-11/h4-7,10,13H,8-9H2,1-3H3/t10-/m0/s1. The van der Waals surface area contributed by atoms with Gasteiger partial charge >= 0.3 is 0 Å². The molecule has 2 nitrogen and oxygen atoms in total. The van der Waals surface area contributed by atoms with Crippen LogP contribution in [0.25, 0.3) is 0 Å². The number of benzene rings is 1. The Bertz CT molecular complexity index is 273. The highest BCUT2D eigenvalue weighted by Gasteiger charge is 2.03. The molecule has 1 aromatic carbocycles. The zero-order valence-electron chi connectivity index (χ0n) is 9.62. The summed E-state index contributed by atoms with van der Waals surface area (Å²) in [5, 5.41) is 3.41. The number of ether oxygens (including phenoxy) is 1. The maximum atomic E-state index is 5.00. The monoisotopic (exact) mass is 225 g/mol. The first-order valence-electron chi connectivity index (χ1n) is 5.14. The van der Waals surface area contributed by atoms with Crippen LogP contribution in [-0.4, -0.2) is 26.5 Å². The van der Waals surface area contributed by atoms with Crippen LogP contribution in [0.3, 0.4) is 0 Å². The summed E-state index contributed by atoms with van der Waals surface area (Å²) in [6, 6.07) is 9.06. The van der Waals surface area contributed by atoms with Crippen LogP contribution < -0.4 is 5.32 Å². The van der Waals surface area contributed by atoms with E-state index >= 15 is 0 Å². The Labute approximate surface area is 96.4 Å². The maximum Gasteiger partial charge on any atom is 0.0587 e. The van der Waals surface area contributed by atoms with Crippen LogP contribution in [0.4, 0.5) is 0 Å². The van der Waals surface area contributed by atoms with Gasteiger partial charge in [0.25, 0.3) is 0 Å². The number of thioether (sulfide) groups is 1. The summed E-state index contributed by atoms with van der Waals surface area (Å²) in [4.78, 5) is 1.31. The van der Waals surface area contributed by atoms with Gasteiger partial charge in [0.2, 0.25) is 0 Å². The highest BCUT2D eigenvalue weighted by molar-refractivity contribution is 7.98. The van der Waals surface area contributed by atoms with Crippen LogP contribution in [0.15, 0.2) is 29.2 Å². The van der Waals surface area contributed by atoms with Gasteiger partial charge in [-0.2, -0.15) is 0 Å². The highest BCUT2D eigenvalue weighted by Crippen LogP contribution is 2.18. The van der Waals surface area contributed by atoms with Crippen molar-refractivity contribution in [3.8, 4) is 0 Å². The lowest BCUT2D eigenvalue weighted by atomic mass is 10.1. The average Bonchev–Trinajstić information content (AvgIpc) is 2.29. The summed E-state index contributed by atoms with van der Waals surface area (Å²) in [5.74, 6) is 0. The van der Waals surface area contributed by atoms with Gasteiger partial charge in [-0.05, 0) is 30.9 Å². The predicted molar refractivity (Wildman–Crippen MR) is 66.5 cm³/mol. The zero-order valence-corrected chi connectivity index (χ0v) is 10.4. The molecule has 0 aliphatic rings. The molecule has 1 atom stereocenters. The van der Waals surface area contributed by atoms with Crippen LogP contribution in [0.1, 0.15) is 18.5 Å². The number of rotatable bonds is 6. The normalized spacial score (nSPS) is 12.7. The molecular formula is C12H19NOS. The molecule has 0 unspecified atom stereocenters. The first kappa shape index (κ1) is 12.6. The number of hydrogen-bond donors (Lipinski definition) is 1. The molecule has 1 rings (SSSR count). The van der Waals surface area contributed by atoms with E-state index in [2.05, 4.69) is 42.8 Å². The smallest absolute Gasteiger partial charge is 0.0587 e. The minimum atomic E-state index is 0.385. The number of hydrogen-bond acceptors (Lipinski definition) is 3. The fraction of sp³-hybridized carbons (Fsp3) is 0.500. The van der Waals surface area contributed by atoms with Gasteiger partial charge < -0.3 is 10.1 Å². The van der Waals surface area contributed by atoms with Crippen LogP contribution in [-0.2, 0) is 4.74 Å². The van der Waals surface area contributed by atoms with Crippen molar-refractivity contribution in [1.29, 1.82) is 0 Å². The molecule has 0 radical (unpaired) electrons. The number of nitrogens with one attached hydrogen (secondary N) is 1. The third-order valence-corrected chi connectivity index (χ3v) is 3.12. The minimum absolute atomic E-state index is 0.385. The van der Waals surface area contributed by atoms with E-state index in [1.165, 1.54) is 10.5 Å². The molecule has 0 aliphatic heterocycles. The van der Waals surface area contributed by atoms with Crippen LogP contribution in [0.5, 0.6) is 0 Å². The second-order valence-corrected chi connectivity index (χ2v) is 4.32. The summed E-state index contributed by atoms with van der Waals surface area (Å²) >= 11 is 1.77. The van der Waals surface area contributed by atoms with Crippen molar-refractivity contribution in [2.45, 2.75) is 17.9 Å². The van der Waals surface area contributed by atoms with Gasteiger partial charge in [0.1, 0.15) is 0 Å². The van der Waals surface area contributed by atoms with E-state index in [0.29, 0.717) is 6.04 Å². The molecule has 0 aromatic heterocycles. The van der Waals surface area contributed by atoms with Crippen molar-refractivity contribution in [2.75, 3.05) is 26.5 Å². The molecule has 0 spiro atoms. The molecule has 0 saturated heterocycles. The fourth-order valence-electron chi connectivity index (χ4n) is 1.39. The Kier molecular flexibility index (Phi) is 5.76. The first-order chi connectivity index (χ1) is 7.27. The summed E-state index contributed by atoms with van der Waals surface area (Å²) in [6.45, 7) is 3.82. The van der Waals surface area contributed by atoms with Crippen LogP contribution in [0.2, 0.25) is 0 Å². The van der Waals surface area contributed by atoms with Gasteiger partial charge in [-0.1, -0.05) is 12.1 Å². The van der Waals surface area contributed by atoms with E-state index in [-0.39, 0.29) is 0 Å². The molecule has 0 heterocycles. The molecule has 0 saturated carbocycles. The molecule has 84 valence electrons. The predicted octanol–water partition coefficient (Wildman–Crippen LogP) is 2.71. The lowest BCUT2D eigenvalue weighted by Crippen LogP contribution is -2.22. The molecule has 0 amide bonds. The largest absolute Gasteiger partial charge is 0.383 e. The van der Waals surface area contributed by atoms with Gasteiger partial charge in [-0.25, -0.2) is 0 Å². The molecule has 1 aromatic rings. The third-order valence-electron chi connectivity index (χ3n) is 2.37. The summed E-state index contributed by atoms with van der Waals surface area (Å²) in [7, 11) is 1.72. The molecule has 1 N–H and O–H groups in total. The summed E-state index contributed by atoms with van der Waals surface area (Å²) < 4.78 is 5.00. The lowest BCUT2D eigenvalue weighted by Gasteiger charge is -2.14. The molecule has 0 fully saturated rings. The van der Waals surface area contributed by atoms with Gasteiger partial charge in [0.15, 0.2) is 0 Å². The Morgan fingerprint density at radius 2 is 2.00 bits per heavy atom. The number of methoxy groups -OCH3 is 1. The SMILES string of the molecule is COCCN[C@@H](C)c1ccc(SC)cc1. The van der Waals surface area contributed by atoms with Crippen LogP contribution >= 0.6 is 11.8 Å². The Morgan fingerprint density at radius 3 is 2.53 bits per heavy atom. The summed E-state index contributed by atoms with van der Waals surface area (Å²) in [6.07, 6.45) is 2.09. The molecular weight excluding hydrogens is 206 g/mol.